The van der Waals surface area contributed by atoms with Crippen molar-refractivity contribution in [3.05, 3.63) is 89.1 Å². The highest BCUT2D eigenvalue weighted by Crippen LogP contribution is 2.47. The number of para-hydroxylation sites is 1. The number of anilines is 2. The molecular weight excluding hydrogens is 640 g/mol. The van der Waals surface area contributed by atoms with Gasteiger partial charge in [-0.25, -0.2) is 17.6 Å². The summed E-state index contributed by atoms with van der Waals surface area (Å²) in [6.45, 7) is 4.45. The third-order valence-corrected chi connectivity index (χ3v) is 12.0. The lowest BCUT2D eigenvalue weighted by molar-refractivity contribution is 0.0697. The Morgan fingerprint density at radius 3 is 2.45 bits per heavy atom. The van der Waals surface area contributed by atoms with Crippen molar-refractivity contribution in [2.24, 2.45) is 5.92 Å². The number of carboxylic acid groups (broad SMARTS) is 1. The predicted molar refractivity (Wildman–Crippen MR) is 182 cm³/mol. The van der Waals surface area contributed by atoms with Gasteiger partial charge < -0.3 is 19.5 Å². The number of rotatable bonds is 9. The zero-order chi connectivity index (χ0) is 33.3. The van der Waals surface area contributed by atoms with Gasteiger partial charge in [0.2, 0.25) is 10.0 Å². The predicted octanol–water partition coefficient (Wildman–Crippen LogP) is 8.34. The minimum Gasteiger partial charge on any atom is -0.491 e. The lowest BCUT2D eigenvalue weighted by atomic mass is 9.83. The number of thiophene rings is 1. The Morgan fingerprint density at radius 2 is 1.77 bits per heavy atom. The Labute approximate surface area is 279 Å². The summed E-state index contributed by atoms with van der Waals surface area (Å²) in [5.41, 5.74) is 2.41. The van der Waals surface area contributed by atoms with Crippen molar-refractivity contribution in [1.29, 1.82) is 0 Å². The highest BCUT2D eigenvalue weighted by Gasteiger charge is 2.41. The number of sulfonamides is 1. The number of nitrogens with zero attached hydrogens (tertiary/aromatic N) is 2. The van der Waals surface area contributed by atoms with Crippen LogP contribution in [0.15, 0.2) is 77.7 Å². The van der Waals surface area contributed by atoms with E-state index in [1.807, 2.05) is 73.3 Å². The van der Waals surface area contributed by atoms with Crippen molar-refractivity contribution < 1.29 is 32.2 Å². The second-order valence-corrected chi connectivity index (χ2v) is 15.5. The van der Waals surface area contributed by atoms with Gasteiger partial charge in [0.15, 0.2) is 0 Å². The van der Waals surface area contributed by atoms with Crippen molar-refractivity contribution in [2.75, 3.05) is 18.5 Å². The van der Waals surface area contributed by atoms with E-state index in [0.29, 0.717) is 29.3 Å². The molecule has 1 fully saturated rings. The average molecular weight is 679 g/mol. The largest absolute Gasteiger partial charge is 0.491 e. The van der Waals surface area contributed by atoms with E-state index in [1.165, 1.54) is 10.4 Å². The standard InChI is InChI=1S/C36H39FN2O6S2/c1-23(2)45-27-16-10-11-24(17-27)22-44-32-20-30-34(18-28(32)33-19-29(37)35(46-33)36(40)41)47(42,43)38(3)31(25-12-6-4-7-13-25)21-39(30)26-14-8-5-9-15-26/h5,8-11,14-20,23,25,31H,4,6-7,12-13,21-22H2,1-3H3,(H,40,41)/t31-/m0/s1. The number of likely N-dealkylation sites (N-methyl/N-ethyl adjacent to an activating group) is 1. The molecule has 0 radical (unpaired) electrons. The van der Waals surface area contributed by atoms with Crippen LogP contribution in [0.3, 0.4) is 0 Å². The van der Waals surface area contributed by atoms with Crippen molar-refractivity contribution in [1.82, 2.24) is 4.31 Å². The maximum atomic E-state index is 14.9. The summed E-state index contributed by atoms with van der Waals surface area (Å²) in [6.07, 6.45) is 5.17. The van der Waals surface area contributed by atoms with Gasteiger partial charge in [-0.3, -0.25) is 0 Å². The first kappa shape index (κ1) is 33.0. The van der Waals surface area contributed by atoms with E-state index in [0.717, 1.165) is 60.8 Å². The third kappa shape index (κ3) is 6.88. The van der Waals surface area contributed by atoms with E-state index in [1.54, 1.807) is 13.1 Å². The average Bonchev–Trinajstić information content (AvgIpc) is 3.42. The molecule has 0 bridgehead atoms. The highest BCUT2D eigenvalue weighted by molar-refractivity contribution is 7.89. The number of aromatic carboxylic acids is 1. The van der Waals surface area contributed by atoms with Crippen LogP contribution in [0.5, 0.6) is 11.5 Å². The SMILES string of the molecule is CC(C)Oc1cccc(COc2cc3c(cc2-c2cc(F)c(C(=O)O)s2)S(=O)(=O)N(C)[C@H](C2CCCCC2)CN3c2ccccc2)c1. The second kappa shape index (κ2) is 13.7. The molecule has 1 saturated carbocycles. The molecule has 0 saturated heterocycles. The number of carbonyl (C=O) groups is 1. The Kier molecular flexibility index (Phi) is 9.59. The van der Waals surface area contributed by atoms with Gasteiger partial charge in [-0.2, -0.15) is 4.31 Å². The van der Waals surface area contributed by atoms with Crippen molar-refractivity contribution >= 4 is 38.7 Å². The Balaban J connectivity index is 1.52. The van der Waals surface area contributed by atoms with Gasteiger partial charge in [0.05, 0.1) is 11.8 Å². The van der Waals surface area contributed by atoms with Crippen LogP contribution < -0.4 is 14.4 Å². The number of carboxylic acids is 1. The van der Waals surface area contributed by atoms with Crippen LogP contribution in [-0.4, -0.2) is 49.5 Å². The van der Waals surface area contributed by atoms with Crippen LogP contribution in [0, 0.1) is 11.7 Å². The number of hydrogen-bond acceptors (Lipinski definition) is 7. The Morgan fingerprint density at radius 1 is 1.02 bits per heavy atom. The summed E-state index contributed by atoms with van der Waals surface area (Å²) >= 11 is 0.746. The molecule has 1 aliphatic carbocycles. The molecule has 6 rings (SSSR count). The number of ether oxygens (including phenoxy) is 2. The van der Waals surface area contributed by atoms with E-state index in [4.69, 9.17) is 9.47 Å². The molecule has 4 aromatic rings. The van der Waals surface area contributed by atoms with Crippen molar-refractivity contribution in [3.8, 4) is 21.9 Å². The number of fused-ring (bicyclic) bond motifs is 1. The van der Waals surface area contributed by atoms with Gasteiger partial charge in [0.25, 0.3) is 0 Å². The first-order valence-corrected chi connectivity index (χ1v) is 18.2. The summed E-state index contributed by atoms with van der Waals surface area (Å²) < 4.78 is 57.7. The molecule has 1 aliphatic heterocycles. The van der Waals surface area contributed by atoms with Crippen molar-refractivity contribution in [2.45, 2.75) is 69.6 Å². The van der Waals surface area contributed by atoms with Gasteiger partial charge in [-0.1, -0.05) is 49.6 Å². The minimum atomic E-state index is -4.03. The minimum absolute atomic E-state index is 0.0130. The molecule has 2 aliphatic rings. The fourth-order valence-electron chi connectivity index (χ4n) is 6.62. The van der Waals surface area contributed by atoms with E-state index >= 15 is 0 Å². The van der Waals surface area contributed by atoms with Crippen molar-refractivity contribution in [3.63, 3.8) is 0 Å². The lowest BCUT2D eigenvalue weighted by Crippen LogP contribution is -2.46. The molecule has 1 atom stereocenters. The summed E-state index contributed by atoms with van der Waals surface area (Å²) in [7, 11) is -2.38. The van der Waals surface area contributed by atoms with E-state index < -0.39 is 26.7 Å². The van der Waals surface area contributed by atoms with Gasteiger partial charge in [0, 0.05) is 41.8 Å². The molecule has 248 valence electrons. The lowest BCUT2D eigenvalue weighted by Gasteiger charge is -2.36. The summed E-state index contributed by atoms with van der Waals surface area (Å²) in [4.78, 5) is 13.7. The Hall–Kier alpha value is -3.93. The van der Waals surface area contributed by atoms with E-state index in [-0.39, 0.29) is 34.4 Å². The molecule has 8 nitrogen and oxygen atoms in total. The molecule has 3 aromatic carbocycles. The smallest absolute Gasteiger partial charge is 0.348 e. The quantitative estimate of drug-likeness (QED) is 0.190. The molecule has 47 heavy (non-hydrogen) atoms. The second-order valence-electron chi connectivity index (χ2n) is 12.4. The molecule has 2 heterocycles. The zero-order valence-electron chi connectivity index (χ0n) is 26.7. The number of halogens is 1. The third-order valence-electron chi connectivity index (χ3n) is 8.92. The van der Waals surface area contributed by atoms with Crippen LogP contribution in [0.1, 0.15) is 61.2 Å². The molecule has 0 amide bonds. The zero-order valence-corrected chi connectivity index (χ0v) is 28.3. The van der Waals surface area contributed by atoms with Crippen LogP contribution in [-0.2, 0) is 16.6 Å². The molecule has 0 unspecified atom stereocenters. The molecular formula is C36H39FN2O6S2. The Bertz CT molecular complexity index is 1850. The molecule has 0 spiro atoms. The van der Waals surface area contributed by atoms with Gasteiger partial charge in [-0.15, -0.1) is 11.3 Å². The highest BCUT2D eigenvalue weighted by atomic mass is 32.2. The topological polar surface area (TPSA) is 96.4 Å². The first-order valence-electron chi connectivity index (χ1n) is 15.9. The van der Waals surface area contributed by atoms with Gasteiger partial charge in [0.1, 0.15) is 33.7 Å². The summed E-state index contributed by atoms with van der Waals surface area (Å²) in [6, 6.07) is 21.3. The summed E-state index contributed by atoms with van der Waals surface area (Å²) in [5, 5.41) is 9.61. The number of hydrogen-bond donors (Lipinski definition) is 1. The van der Waals surface area contributed by atoms with E-state index in [9.17, 15) is 22.7 Å². The van der Waals surface area contributed by atoms with Crippen LogP contribution in [0.2, 0.25) is 0 Å². The molecule has 1 N–H and O–H groups in total. The molecule has 11 heteroatoms. The fourth-order valence-corrected chi connectivity index (χ4v) is 9.12. The first-order chi connectivity index (χ1) is 22.5. The van der Waals surface area contributed by atoms with Crippen LogP contribution in [0.25, 0.3) is 10.4 Å². The maximum absolute atomic E-state index is 14.9. The fraction of sp³-hybridized carbons (Fsp3) is 0.361. The molecule has 1 aromatic heterocycles. The van der Waals surface area contributed by atoms with Gasteiger partial charge >= 0.3 is 5.97 Å². The number of benzene rings is 3. The van der Waals surface area contributed by atoms with Crippen LogP contribution in [0.4, 0.5) is 15.8 Å². The van der Waals surface area contributed by atoms with Gasteiger partial charge in [-0.05, 0) is 74.6 Å². The monoisotopic (exact) mass is 678 g/mol. The normalized spacial score (nSPS) is 18.5. The van der Waals surface area contributed by atoms with Crippen LogP contribution >= 0.6 is 11.3 Å². The maximum Gasteiger partial charge on any atom is 0.348 e. The van der Waals surface area contributed by atoms with E-state index in [2.05, 4.69) is 0 Å². The summed E-state index contributed by atoms with van der Waals surface area (Å²) in [5.74, 6) is -1.08.